The molecule has 104 valence electrons. The van der Waals surface area contributed by atoms with Crippen LogP contribution in [0, 0.1) is 0 Å². The van der Waals surface area contributed by atoms with Crippen LogP contribution >= 0.6 is 0 Å². The van der Waals surface area contributed by atoms with E-state index in [0.717, 1.165) is 12.0 Å². The molecule has 0 aliphatic heterocycles. The number of aromatic nitrogens is 2. The number of nitrogens with zero attached hydrogens (tertiary/aromatic N) is 3. The first-order valence-corrected chi connectivity index (χ1v) is 6.40. The smallest absolute Gasteiger partial charge is 0.354 e. The van der Waals surface area contributed by atoms with Gasteiger partial charge in [0.05, 0.1) is 5.69 Å². The number of hydrogen-bond donors (Lipinski definition) is 1. The van der Waals surface area contributed by atoms with E-state index in [2.05, 4.69) is 16.9 Å². The summed E-state index contributed by atoms with van der Waals surface area (Å²) in [6.07, 6.45) is 0.966. The average molecular weight is 271 g/mol. The molecule has 5 heteroatoms. The molecule has 20 heavy (non-hydrogen) atoms. The fraction of sp³-hybridized carbons (Fsp3) is 0.267. The highest BCUT2D eigenvalue weighted by molar-refractivity contribution is 5.87. The molecule has 0 aliphatic rings. The molecule has 0 unspecified atom stereocenters. The van der Waals surface area contributed by atoms with Gasteiger partial charge in [0.2, 0.25) is 5.95 Å². The van der Waals surface area contributed by atoms with E-state index in [9.17, 15) is 4.79 Å². The van der Waals surface area contributed by atoms with Gasteiger partial charge >= 0.3 is 5.97 Å². The molecule has 1 N–H and O–H groups in total. The predicted octanol–water partition coefficient (Wildman–Crippen LogP) is 2.47. The van der Waals surface area contributed by atoms with E-state index in [1.54, 1.807) is 19.0 Å². The lowest BCUT2D eigenvalue weighted by Gasteiger charge is -2.12. The highest BCUT2D eigenvalue weighted by Crippen LogP contribution is 2.21. The van der Waals surface area contributed by atoms with Crippen molar-refractivity contribution in [2.24, 2.45) is 0 Å². The van der Waals surface area contributed by atoms with Gasteiger partial charge in [-0.1, -0.05) is 31.2 Å². The summed E-state index contributed by atoms with van der Waals surface area (Å²) in [5, 5.41) is 9.14. The summed E-state index contributed by atoms with van der Waals surface area (Å²) in [6, 6.07) is 9.44. The van der Waals surface area contributed by atoms with E-state index in [1.807, 2.05) is 24.3 Å². The summed E-state index contributed by atoms with van der Waals surface area (Å²) in [6.45, 7) is 2.09. The normalized spacial score (nSPS) is 10.3. The zero-order valence-electron chi connectivity index (χ0n) is 11.8. The van der Waals surface area contributed by atoms with Crippen LogP contribution in [-0.2, 0) is 6.42 Å². The van der Waals surface area contributed by atoms with Gasteiger partial charge in [0.15, 0.2) is 5.69 Å². The Kier molecular flexibility index (Phi) is 3.98. The van der Waals surface area contributed by atoms with Crippen LogP contribution in [0.15, 0.2) is 30.3 Å². The zero-order chi connectivity index (χ0) is 14.7. The fourth-order valence-electron chi connectivity index (χ4n) is 1.80. The van der Waals surface area contributed by atoms with Crippen molar-refractivity contribution >= 4 is 11.9 Å². The van der Waals surface area contributed by atoms with Crippen molar-refractivity contribution in [3.05, 3.63) is 41.6 Å². The molecule has 0 spiro atoms. The number of benzene rings is 1. The largest absolute Gasteiger partial charge is 0.477 e. The average Bonchev–Trinajstić information content (AvgIpc) is 2.46. The van der Waals surface area contributed by atoms with Gasteiger partial charge in [-0.05, 0) is 18.1 Å². The summed E-state index contributed by atoms with van der Waals surface area (Å²) in [5.74, 6) is -0.665. The van der Waals surface area contributed by atoms with Crippen molar-refractivity contribution in [2.75, 3.05) is 19.0 Å². The predicted molar refractivity (Wildman–Crippen MR) is 78.1 cm³/mol. The number of aryl methyl sites for hydroxylation is 1. The van der Waals surface area contributed by atoms with E-state index in [0.29, 0.717) is 11.6 Å². The van der Waals surface area contributed by atoms with Crippen molar-refractivity contribution in [3.8, 4) is 11.3 Å². The van der Waals surface area contributed by atoms with Gasteiger partial charge in [0, 0.05) is 19.7 Å². The van der Waals surface area contributed by atoms with Crippen LogP contribution < -0.4 is 4.90 Å². The summed E-state index contributed by atoms with van der Waals surface area (Å²) in [7, 11) is 3.57. The Hall–Kier alpha value is -2.43. The molecule has 0 bridgehead atoms. The first-order chi connectivity index (χ1) is 9.51. The second-order valence-corrected chi connectivity index (χ2v) is 4.69. The van der Waals surface area contributed by atoms with Gasteiger partial charge in [-0.15, -0.1) is 0 Å². The summed E-state index contributed by atoms with van der Waals surface area (Å²) < 4.78 is 0. The van der Waals surface area contributed by atoms with Crippen LogP contribution in [0.25, 0.3) is 11.3 Å². The van der Waals surface area contributed by atoms with Crippen molar-refractivity contribution in [2.45, 2.75) is 13.3 Å². The van der Waals surface area contributed by atoms with Crippen LogP contribution in [0.2, 0.25) is 0 Å². The molecule has 0 aliphatic carbocycles. The SMILES string of the molecule is CCc1ccc(-c2cc(C(=O)O)nc(N(C)C)n2)cc1. The van der Waals surface area contributed by atoms with Gasteiger partial charge in [-0.3, -0.25) is 0 Å². The van der Waals surface area contributed by atoms with Gasteiger partial charge in [0.25, 0.3) is 0 Å². The molecule has 0 atom stereocenters. The van der Waals surface area contributed by atoms with Crippen LogP contribution in [0.1, 0.15) is 23.0 Å². The molecule has 1 aromatic carbocycles. The van der Waals surface area contributed by atoms with E-state index in [4.69, 9.17) is 5.11 Å². The maximum absolute atomic E-state index is 11.2. The molecule has 0 saturated heterocycles. The standard InChI is InChI=1S/C15H17N3O2/c1-4-10-5-7-11(8-6-10)12-9-13(14(19)20)17-15(16-12)18(2)3/h5-9H,4H2,1-3H3,(H,19,20). The Morgan fingerprint density at radius 3 is 2.35 bits per heavy atom. The fourth-order valence-corrected chi connectivity index (χ4v) is 1.80. The summed E-state index contributed by atoms with van der Waals surface area (Å²) in [5.41, 5.74) is 2.73. The van der Waals surface area contributed by atoms with E-state index in [1.165, 1.54) is 11.6 Å². The molecule has 0 fully saturated rings. The lowest BCUT2D eigenvalue weighted by atomic mass is 10.1. The maximum atomic E-state index is 11.2. The second-order valence-electron chi connectivity index (χ2n) is 4.69. The maximum Gasteiger partial charge on any atom is 0.354 e. The Balaban J connectivity index is 2.51. The lowest BCUT2D eigenvalue weighted by Crippen LogP contribution is -2.15. The Morgan fingerprint density at radius 2 is 1.85 bits per heavy atom. The Bertz CT molecular complexity index is 622. The van der Waals surface area contributed by atoms with E-state index in [-0.39, 0.29) is 5.69 Å². The van der Waals surface area contributed by atoms with Crippen molar-refractivity contribution in [3.63, 3.8) is 0 Å². The minimum atomic E-state index is -1.05. The van der Waals surface area contributed by atoms with Crippen molar-refractivity contribution in [1.29, 1.82) is 0 Å². The van der Waals surface area contributed by atoms with Crippen LogP contribution in [-0.4, -0.2) is 35.1 Å². The number of anilines is 1. The van der Waals surface area contributed by atoms with Gasteiger partial charge in [-0.25, -0.2) is 14.8 Å². The van der Waals surface area contributed by atoms with Crippen molar-refractivity contribution in [1.82, 2.24) is 9.97 Å². The number of carboxylic acids is 1. The van der Waals surface area contributed by atoms with E-state index < -0.39 is 5.97 Å². The minimum absolute atomic E-state index is 0.00160. The van der Waals surface area contributed by atoms with E-state index >= 15 is 0 Å². The zero-order valence-corrected chi connectivity index (χ0v) is 11.8. The lowest BCUT2D eigenvalue weighted by molar-refractivity contribution is 0.0690. The second kappa shape index (κ2) is 5.69. The number of aromatic carboxylic acids is 1. The topological polar surface area (TPSA) is 66.3 Å². The first-order valence-electron chi connectivity index (χ1n) is 6.40. The summed E-state index contributed by atoms with van der Waals surface area (Å²) in [4.78, 5) is 21.2. The van der Waals surface area contributed by atoms with Gasteiger partial charge < -0.3 is 10.0 Å². The molecule has 0 saturated carbocycles. The van der Waals surface area contributed by atoms with Crippen LogP contribution in [0.4, 0.5) is 5.95 Å². The molecule has 1 aromatic heterocycles. The molecule has 0 amide bonds. The molecule has 5 nitrogen and oxygen atoms in total. The molecular formula is C15H17N3O2. The molecule has 0 radical (unpaired) electrons. The van der Waals surface area contributed by atoms with Gasteiger partial charge in [0.1, 0.15) is 0 Å². The third kappa shape index (κ3) is 2.93. The monoisotopic (exact) mass is 271 g/mol. The quantitative estimate of drug-likeness (QED) is 0.925. The van der Waals surface area contributed by atoms with Crippen LogP contribution in [0.5, 0.6) is 0 Å². The molecular weight excluding hydrogens is 254 g/mol. The highest BCUT2D eigenvalue weighted by atomic mass is 16.4. The molecule has 2 aromatic rings. The Morgan fingerprint density at radius 1 is 1.20 bits per heavy atom. The highest BCUT2D eigenvalue weighted by Gasteiger charge is 2.12. The number of hydrogen-bond acceptors (Lipinski definition) is 4. The first kappa shape index (κ1) is 14.0. The number of carbonyl (C=O) groups is 1. The third-order valence-corrected chi connectivity index (χ3v) is 2.99. The molecule has 2 rings (SSSR count). The summed E-state index contributed by atoms with van der Waals surface area (Å²) >= 11 is 0. The van der Waals surface area contributed by atoms with Crippen LogP contribution in [0.3, 0.4) is 0 Å². The Labute approximate surface area is 117 Å². The minimum Gasteiger partial charge on any atom is -0.477 e. The van der Waals surface area contributed by atoms with Crippen molar-refractivity contribution < 1.29 is 9.90 Å². The number of carboxylic acid groups (broad SMARTS) is 1. The third-order valence-electron chi connectivity index (χ3n) is 2.99. The molecule has 1 heterocycles. The number of rotatable bonds is 4. The van der Waals surface area contributed by atoms with Gasteiger partial charge in [-0.2, -0.15) is 0 Å².